The van der Waals surface area contributed by atoms with E-state index in [1.165, 1.54) is 14.2 Å². The van der Waals surface area contributed by atoms with Crippen LogP contribution in [0.25, 0.3) is 0 Å². The van der Waals surface area contributed by atoms with Crippen LogP contribution in [0, 0.1) is 0 Å². The van der Waals surface area contributed by atoms with Gasteiger partial charge in [-0.3, -0.25) is 4.79 Å². The minimum absolute atomic E-state index is 0.279. The number of ether oxygens (including phenoxy) is 4. The number of rotatable bonds is 5. The Kier molecular flexibility index (Phi) is 4.93. The fourth-order valence-electron chi connectivity index (χ4n) is 2.93. The van der Waals surface area contributed by atoms with Gasteiger partial charge in [-0.2, -0.15) is 0 Å². The summed E-state index contributed by atoms with van der Waals surface area (Å²) in [6.07, 6.45) is 0. The van der Waals surface area contributed by atoms with Crippen LogP contribution in [0.4, 0.5) is 0 Å². The molecule has 1 N–H and O–H groups in total. The lowest BCUT2D eigenvalue weighted by Crippen LogP contribution is -2.41. The number of carbonyl (C=O) groups excluding carboxylic acids is 1. The minimum atomic E-state index is -0.640. The van der Waals surface area contributed by atoms with Gasteiger partial charge in [0.2, 0.25) is 0 Å². The van der Waals surface area contributed by atoms with E-state index >= 15 is 0 Å². The maximum absolute atomic E-state index is 13.0. The zero-order chi connectivity index (χ0) is 18.7. The summed E-state index contributed by atoms with van der Waals surface area (Å²) in [5.41, 5.74) is 0.630. The van der Waals surface area contributed by atoms with E-state index in [1.54, 1.807) is 18.2 Å². The Bertz CT molecular complexity index is 794. The number of fused-ring (bicyclic) bond motifs is 1. The zero-order valence-electron chi connectivity index (χ0n) is 15.4. The van der Waals surface area contributed by atoms with E-state index in [0.717, 1.165) is 5.56 Å². The quantitative estimate of drug-likeness (QED) is 0.890. The highest BCUT2D eigenvalue weighted by molar-refractivity contribution is 6.00. The van der Waals surface area contributed by atoms with Crippen LogP contribution < -0.4 is 24.3 Å². The minimum Gasteiger partial charge on any atom is -0.496 e. The molecule has 1 heterocycles. The van der Waals surface area contributed by atoms with Crippen molar-refractivity contribution in [1.82, 2.24) is 5.32 Å². The van der Waals surface area contributed by atoms with Gasteiger partial charge < -0.3 is 24.3 Å². The van der Waals surface area contributed by atoms with Crippen LogP contribution in [-0.2, 0) is 5.54 Å². The fourth-order valence-corrected chi connectivity index (χ4v) is 2.93. The predicted octanol–water partition coefficient (Wildman–Crippen LogP) is 3.14. The summed E-state index contributed by atoms with van der Waals surface area (Å²) >= 11 is 0. The van der Waals surface area contributed by atoms with E-state index in [1.807, 2.05) is 32.0 Å². The Balaban J connectivity index is 1.89. The number of methoxy groups -OCH3 is 2. The normalized spacial score (nSPS) is 13.1. The highest BCUT2D eigenvalue weighted by atomic mass is 16.6. The van der Waals surface area contributed by atoms with Crippen molar-refractivity contribution in [2.24, 2.45) is 0 Å². The molecule has 2 aromatic carbocycles. The van der Waals surface area contributed by atoms with E-state index < -0.39 is 5.54 Å². The molecular weight excluding hydrogens is 334 g/mol. The second kappa shape index (κ2) is 7.15. The summed E-state index contributed by atoms with van der Waals surface area (Å²) in [5.74, 6) is 2.04. The Morgan fingerprint density at radius 2 is 1.62 bits per heavy atom. The standard InChI is InChI=1S/C20H23NO5/c1-20(2,13-8-9-14-17(12-13)26-11-10-25-14)21-19(22)18-15(23-3)6-5-7-16(18)24-4/h5-9,12H,10-11H2,1-4H3,(H,21,22). The first-order valence-corrected chi connectivity index (χ1v) is 8.40. The molecule has 2 aromatic rings. The molecule has 0 spiro atoms. The van der Waals surface area contributed by atoms with Crippen molar-refractivity contribution in [2.75, 3.05) is 27.4 Å². The first-order valence-electron chi connectivity index (χ1n) is 8.40. The van der Waals surface area contributed by atoms with Gasteiger partial charge in [-0.15, -0.1) is 0 Å². The average molecular weight is 357 g/mol. The van der Waals surface area contributed by atoms with Crippen LogP contribution in [0.3, 0.4) is 0 Å². The van der Waals surface area contributed by atoms with Gasteiger partial charge in [-0.25, -0.2) is 0 Å². The summed E-state index contributed by atoms with van der Waals surface area (Å²) < 4.78 is 21.9. The van der Waals surface area contributed by atoms with Crippen molar-refractivity contribution in [2.45, 2.75) is 19.4 Å². The van der Waals surface area contributed by atoms with Crippen LogP contribution in [0.15, 0.2) is 36.4 Å². The predicted molar refractivity (Wildman–Crippen MR) is 97.5 cm³/mol. The lowest BCUT2D eigenvalue weighted by Gasteiger charge is -2.29. The molecule has 0 saturated carbocycles. The third kappa shape index (κ3) is 3.40. The summed E-state index contributed by atoms with van der Waals surface area (Å²) in [7, 11) is 3.05. The smallest absolute Gasteiger partial charge is 0.259 e. The van der Waals surface area contributed by atoms with Crippen molar-refractivity contribution < 1.29 is 23.7 Å². The SMILES string of the molecule is COc1cccc(OC)c1C(=O)NC(C)(C)c1ccc2c(c1)OCCO2. The van der Waals surface area contributed by atoms with Gasteiger partial charge in [0.15, 0.2) is 11.5 Å². The molecule has 0 aliphatic carbocycles. The Morgan fingerprint density at radius 1 is 1.00 bits per heavy atom. The molecule has 6 heteroatoms. The second-order valence-corrected chi connectivity index (χ2v) is 6.48. The maximum Gasteiger partial charge on any atom is 0.259 e. The summed E-state index contributed by atoms with van der Waals surface area (Å²) in [4.78, 5) is 13.0. The largest absolute Gasteiger partial charge is 0.496 e. The first kappa shape index (κ1) is 17.9. The number of amides is 1. The Hall–Kier alpha value is -2.89. The molecule has 26 heavy (non-hydrogen) atoms. The number of nitrogens with one attached hydrogen (secondary N) is 1. The van der Waals surface area contributed by atoms with Crippen LogP contribution >= 0.6 is 0 Å². The van der Waals surface area contributed by atoms with Crippen molar-refractivity contribution >= 4 is 5.91 Å². The molecule has 0 bridgehead atoms. The van der Waals surface area contributed by atoms with Gasteiger partial charge in [-0.1, -0.05) is 12.1 Å². The summed E-state index contributed by atoms with van der Waals surface area (Å²) in [6.45, 7) is 4.91. The second-order valence-electron chi connectivity index (χ2n) is 6.48. The zero-order valence-corrected chi connectivity index (χ0v) is 15.4. The molecule has 138 valence electrons. The maximum atomic E-state index is 13.0. The van der Waals surface area contributed by atoms with Crippen LogP contribution in [0.5, 0.6) is 23.0 Å². The van der Waals surface area contributed by atoms with E-state index in [4.69, 9.17) is 18.9 Å². The lowest BCUT2D eigenvalue weighted by atomic mass is 9.93. The molecule has 0 fully saturated rings. The van der Waals surface area contributed by atoms with Crippen molar-refractivity contribution in [3.8, 4) is 23.0 Å². The van der Waals surface area contributed by atoms with Crippen molar-refractivity contribution in [1.29, 1.82) is 0 Å². The van der Waals surface area contributed by atoms with Crippen LogP contribution in [0.2, 0.25) is 0 Å². The van der Waals surface area contributed by atoms with Crippen LogP contribution in [0.1, 0.15) is 29.8 Å². The average Bonchev–Trinajstić information content (AvgIpc) is 2.66. The molecule has 1 aliphatic rings. The van der Waals surface area contributed by atoms with E-state index in [9.17, 15) is 4.79 Å². The fraction of sp³-hybridized carbons (Fsp3) is 0.350. The molecule has 0 saturated heterocycles. The number of hydrogen-bond acceptors (Lipinski definition) is 5. The highest BCUT2D eigenvalue weighted by Gasteiger charge is 2.28. The van der Waals surface area contributed by atoms with Gasteiger partial charge in [0.05, 0.1) is 19.8 Å². The van der Waals surface area contributed by atoms with Crippen molar-refractivity contribution in [3.63, 3.8) is 0 Å². The molecule has 6 nitrogen and oxygen atoms in total. The lowest BCUT2D eigenvalue weighted by molar-refractivity contribution is 0.0905. The summed E-state index contributed by atoms with van der Waals surface area (Å²) in [5, 5.41) is 3.05. The third-order valence-electron chi connectivity index (χ3n) is 4.34. The molecule has 1 aliphatic heterocycles. The number of carbonyl (C=O) groups is 1. The van der Waals surface area contributed by atoms with E-state index in [0.29, 0.717) is 41.8 Å². The van der Waals surface area contributed by atoms with Crippen molar-refractivity contribution in [3.05, 3.63) is 47.5 Å². The third-order valence-corrected chi connectivity index (χ3v) is 4.34. The van der Waals surface area contributed by atoms with Gasteiger partial charge >= 0.3 is 0 Å². The van der Waals surface area contributed by atoms with E-state index in [-0.39, 0.29) is 5.91 Å². The Morgan fingerprint density at radius 3 is 2.23 bits per heavy atom. The molecule has 1 amide bonds. The van der Waals surface area contributed by atoms with E-state index in [2.05, 4.69) is 5.32 Å². The van der Waals surface area contributed by atoms with Gasteiger partial charge in [0.1, 0.15) is 30.3 Å². The monoisotopic (exact) mass is 357 g/mol. The molecular formula is C20H23NO5. The Labute approximate surface area is 153 Å². The highest BCUT2D eigenvalue weighted by Crippen LogP contribution is 2.35. The summed E-state index contributed by atoms with van der Waals surface area (Å²) in [6, 6.07) is 10.9. The molecule has 0 atom stereocenters. The molecule has 3 rings (SSSR count). The molecule has 0 radical (unpaired) electrons. The topological polar surface area (TPSA) is 66.0 Å². The molecule has 0 unspecified atom stereocenters. The van der Waals surface area contributed by atoms with Gasteiger partial charge in [0, 0.05) is 0 Å². The first-order chi connectivity index (χ1) is 12.5. The van der Waals surface area contributed by atoms with Gasteiger partial charge in [-0.05, 0) is 43.7 Å². The number of hydrogen-bond donors (Lipinski definition) is 1. The molecule has 0 aromatic heterocycles. The van der Waals surface area contributed by atoms with Gasteiger partial charge in [0.25, 0.3) is 5.91 Å². The van der Waals surface area contributed by atoms with Crippen LogP contribution in [-0.4, -0.2) is 33.3 Å². The number of benzene rings is 2.